The van der Waals surface area contributed by atoms with Crippen molar-refractivity contribution in [1.29, 1.82) is 0 Å². The first-order chi connectivity index (χ1) is 7.44. The quantitative estimate of drug-likeness (QED) is 0.832. The summed E-state index contributed by atoms with van der Waals surface area (Å²) >= 11 is 5.42. The van der Waals surface area contributed by atoms with Crippen LogP contribution in [0.3, 0.4) is 0 Å². The lowest BCUT2D eigenvalue weighted by atomic mass is 10.2. The van der Waals surface area contributed by atoms with Crippen molar-refractivity contribution in [2.75, 3.05) is 16.4 Å². The highest BCUT2D eigenvalue weighted by Crippen LogP contribution is 2.17. The molecule has 0 heterocycles. The second-order valence-electron chi connectivity index (χ2n) is 3.42. The second kappa shape index (κ2) is 5.50. The van der Waals surface area contributed by atoms with Crippen LogP contribution in [0.1, 0.15) is 12.0 Å². The van der Waals surface area contributed by atoms with Crippen LogP contribution in [0, 0.1) is 12.7 Å². The van der Waals surface area contributed by atoms with Crippen LogP contribution >= 0.6 is 11.6 Å². The molecule has 6 heteroatoms. The topological polar surface area (TPSA) is 46.2 Å². The van der Waals surface area contributed by atoms with Gasteiger partial charge in [-0.2, -0.15) is 0 Å². The minimum atomic E-state index is -3.39. The standard InChI is InChI=1S/C10H13ClFNO2S/c1-8-7-9(12)3-4-10(8)13-16(14,15)6-2-5-11/h3-4,7,13H,2,5-6H2,1H3. The van der Waals surface area contributed by atoms with Crippen LogP contribution in [0.5, 0.6) is 0 Å². The van der Waals surface area contributed by atoms with E-state index in [0.717, 1.165) is 0 Å². The number of nitrogens with one attached hydrogen (secondary N) is 1. The molecule has 0 radical (unpaired) electrons. The van der Waals surface area contributed by atoms with Gasteiger partial charge in [-0.05, 0) is 37.1 Å². The summed E-state index contributed by atoms with van der Waals surface area (Å²) in [6, 6.07) is 3.90. The summed E-state index contributed by atoms with van der Waals surface area (Å²) in [5.74, 6) is -0.127. The maximum atomic E-state index is 12.8. The van der Waals surface area contributed by atoms with Crippen molar-refractivity contribution in [2.24, 2.45) is 0 Å². The third kappa shape index (κ3) is 3.98. The molecule has 1 rings (SSSR count). The summed E-state index contributed by atoms with van der Waals surface area (Å²) in [5.41, 5.74) is 0.949. The van der Waals surface area contributed by atoms with E-state index in [1.54, 1.807) is 6.92 Å². The number of sulfonamides is 1. The van der Waals surface area contributed by atoms with Crippen LogP contribution in [0.2, 0.25) is 0 Å². The number of aryl methyl sites for hydroxylation is 1. The Balaban J connectivity index is 2.80. The number of benzene rings is 1. The zero-order valence-corrected chi connectivity index (χ0v) is 10.4. The van der Waals surface area contributed by atoms with Gasteiger partial charge in [0, 0.05) is 5.88 Å². The van der Waals surface area contributed by atoms with Crippen molar-refractivity contribution >= 4 is 27.3 Å². The summed E-state index contributed by atoms with van der Waals surface area (Å²) in [6.45, 7) is 1.64. The first-order valence-electron chi connectivity index (χ1n) is 4.77. The molecule has 3 nitrogen and oxygen atoms in total. The van der Waals surface area contributed by atoms with Crippen molar-refractivity contribution < 1.29 is 12.8 Å². The summed E-state index contributed by atoms with van der Waals surface area (Å²) in [7, 11) is -3.39. The van der Waals surface area contributed by atoms with Gasteiger partial charge in [-0.3, -0.25) is 4.72 Å². The molecule has 1 N–H and O–H groups in total. The molecule has 1 aromatic rings. The highest BCUT2D eigenvalue weighted by Gasteiger charge is 2.11. The van der Waals surface area contributed by atoms with Crippen molar-refractivity contribution in [3.05, 3.63) is 29.6 Å². The van der Waals surface area contributed by atoms with Crippen molar-refractivity contribution in [2.45, 2.75) is 13.3 Å². The predicted molar refractivity (Wildman–Crippen MR) is 63.9 cm³/mol. The largest absolute Gasteiger partial charge is 0.283 e. The maximum absolute atomic E-state index is 12.8. The van der Waals surface area contributed by atoms with Crippen LogP contribution in [-0.2, 0) is 10.0 Å². The molecule has 0 spiro atoms. The molecule has 0 saturated heterocycles. The van der Waals surface area contributed by atoms with Gasteiger partial charge in [0.25, 0.3) is 0 Å². The van der Waals surface area contributed by atoms with E-state index in [1.807, 2.05) is 0 Å². The Labute approximate surface area is 99.7 Å². The Hall–Kier alpha value is -0.810. The molecular formula is C10H13ClFNO2S. The van der Waals surface area contributed by atoms with Gasteiger partial charge in [-0.1, -0.05) is 0 Å². The number of anilines is 1. The van der Waals surface area contributed by atoms with Gasteiger partial charge in [-0.15, -0.1) is 11.6 Å². The zero-order chi connectivity index (χ0) is 12.2. The van der Waals surface area contributed by atoms with Gasteiger partial charge in [0.15, 0.2) is 0 Å². The van der Waals surface area contributed by atoms with E-state index in [9.17, 15) is 12.8 Å². The van der Waals surface area contributed by atoms with E-state index in [2.05, 4.69) is 4.72 Å². The minimum absolute atomic E-state index is 0.0344. The highest BCUT2D eigenvalue weighted by molar-refractivity contribution is 7.92. The number of hydrogen-bond acceptors (Lipinski definition) is 2. The van der Waals surface area contributed by atoms with Crippen molar-refractivity contribution in [3.63, 3.8) is 0 Å². The molecule has 0 unspecified atom stereocenters. The SMILES string of the molecule is Cc1cc(F)ccc1NS(=O)(=O)CCCCl. The van der Waals surface area contributed by atoms with E-state index in [0.29, 0.717) is 23.6 Å². The van der Waals surface area contributed by atoms with Gasteiger partial charge in [0.05, 0.1) is 11.4 Å². The Kier molecular flexibility index (Phi) is 4.56. The molecule has 0 aromatic heterocycles. The minimum Gasteiger partial charge on any atom is -0.283 e. The van der Waals surface area contributed by atoms with Crippen LogP contribution in [0.15, 0.2) is 18.2 Å². The lowest BCUT2D eigenvalue weighted by molar-refractivity contribution is 0.599. The molecule has 16 heavy (non-hydrogen) atoms. The monoisotopic (exact) mass is 265 g/mol. The van der Waals surface area contributed by atoms with Crippen molar-refractivity contribution in [3.8, 4) is 0 Å². The summed E-state index contributed by atoms with van der Waals surface area (Å²) < 4.78 is 38.2. The maximum Gasteiger partial charge on any atom is 0.232 e. The van der Waals surface area contributed by atoms with Gasteiger partial charge in [-0.25, -0.2) is 12.8 Å². The lowest BCUT2D eigenvalue weighted by Gasteiger charge is -2.09. The van der Waals surface area contributed by atoms with Crippen LogP contribution < -0.4 is 4.72 Å². The Morgan fingerprint density at radius 1 is 1.44 bits per heavy atom. The van der Waals surface area contributed by atoms with E-state index >= 15 is 0 Å². The molecule has 0 saturated carbocycles. The zero-order valence-electron chi connectivity index (χ0n) is 8.83. The van der Waals surface area contributed by atoms with E-state index in [4.69, 9.17) is 11.6 Å². The summed E-state index contributed by atoms with van der Waals surface area (Å²) in [6.07, 6.45) is 0.386. The molecule has 0 atom stereocenters. The number of hydrogen-bond donors (Lipinski definition) is 1. The molecule has 0 aliphatic rings. The molecule has 0 aliphatic carbocycles. The van der Waals surface area contributed by atoms with E-state index < -0.39 is 10.0 Å². The molecule has 0 amide bonds. The third-order valence-electron chi connectivity index (χ3n) is 2.00. The number of halogens is 2. The average Bonchev–Trinajstić information content (AvgIpc) is 2.19. The number of alkyl halides is 1. The van der Waals surface area contributed by atoms with Crippen molar-refractivity contribution in [1.82, 2.24) is 0 Å². The Morgan fingerprint density at radius 3 is 2.69 bits per heavy atom. The summed E-state index contributed by atoms with van der Waals surface area (Å²) in [5, 5.41) is 0. The predicted octanol–water partition coefficient (Wildman–Crippen LogP) is 2.50. The van der Waals surface area contributed by atoms with Gasteiger partial charge < -0.3 is 0 Å². The van der Waals surface area contributed by atoms with E-state index in [-0.39, 0.29) is 11.6 Å². The first kappa shape index (κ1) is 13.3. The first-order valence-corrected chi connectivity index (χ1v) is 6.96. The highest BCUT2D eigenvalue weighted by atomic mass is 35.5. The Morgan fingerprint density at radius 2 is 2.12 bits per heavy atom. The smallest absolute Gasteiger partial charge is 0.232 e. The molecule has 1 aromatic carbocycles. The fourth-order valence-electron chi connectivity index (χ4n) is 1.20. The Bertz CT molecular complexity index is 462. The van der Waals surface area contributed by atoms with E-state index in [1.165, 1.54) is 18.2 Å². The number of rotatable bonds is 5. The van der Waals surface area contributed by atoms with Crippen LogP contribution in [0.25, 0.3) is 0 Å². The fourth-order valence-corrected chi connectivity index (χ4v) is 2.69. The molecule has 0 fully saturated rings. The van der Waals surface area contributed by atoms with Crippen LogP contribution in [-0.4, -0.2) is 20.1 Å². The molecular weight excluding hydrogens is 253 g/mol. The lowest BCUT2D eigenvalue weighted by Crippen LogP contribution is -2.17. The molecule has 0 bridgehead atoms. The molecule has 90 valence electrons. The summed E-state index contributed by atoms with van der Waals surface area (Å²) in [4.78, 5) is 0. The molecule has 0 aliphatic heterocycles. The average molecular weight is 266 g/mol. The van der Waals surface area contributed by atoms with Gasteiger partial charge in [0.1, 0.15) is 5.82 Å². The fraction of sp³-hybridized carbons (Fsp3) is 0.400. The third-order valence-corrected chi connectivity index (χ3v) is 3.62. The van der Waals surface area contributed by atoms with Gasteiger partial charge in [0.2, 0.25) is 10.0 Å². The van der Waals surface area contributed by atoms with Crippen LogP contribution in [0.4, 0.5) is 10.1 Å². The normalized spacial score (nSPS) is 11.4. The van der Waals surface area contributed by atoms with Gasteiger partial charge >= 0.3 is 0 Å². The second-order valence-corrected chi connectivity index (χ2v) is 5.64.